The molecule has 12 heavy (non-hydrogen) atoms. The molecule has 0 bridgehead atoms. The van der Waals surface area contributed by atoms with Gasteiger partial charge in [0, 0.05) is 13.1 Å². The van der Waals surface area contributed by atoms with Crippen molar-refractivity contribution in [3.8, 4) is 0 Å². The van der Waals surface area contributed by atoms with Crippen LogP contribution in [0, 0.1) is 5.41 Å². The standard InChI is InChI=1S/C8H16N2O2/c1-8(7(11)10(2)12)5-3-4-6(8)9/h6,12H,3-5,9H2,1-2H3. The van der Waals surface area contributed by atoms with Crippen LogP contribution in [0.2, 0.25) is 0 Å². The molecule has 1 rings (SSSR count). The summed E-state index contributed by atoms with van der Waals surface area (Å²) in [7, 11) is 1.35. The quantitative estimate of drug-likeness (QED) is 0.443. The van der Waals surface area contributed by atoms with Gasteiger partial charge in [0.1, 0.15) is 0 Å². The van der Waals surface area contributed by atoms with E-state index in [1.54, 1.807) is 0 Å². The van der Waals surface area contributed by atoms with Gasteiger partial charge >= 0.3 is 0 Å². The molecule has 3 N–H and O–H groups in total. The minimum Gasteiger partial charge on any atom is -0.327 e. The van der Waals surface area contributed by atoms with Crippen LogP contribution in [-0.2, 0) is 4.79 Å². The predicted molar refractivity (Wildman–Crippen MR) is 44.5 cm³/mol. The van der Waals surface area contributed by atoms with Crippen LogP contribution < -0.4 is 5.73 Å². The number of nitrogens with two attached hydrogens (primary N) is 1. The Labute approximate surface area is 72.3 Å². The van der Waals surface area contributed by atoms with E-state index in [2.05, 4.69) is 0 Å². The van der Waals surface area contributed by atoms with Crippen LogP contribution in [0.5, 0.6) is 0 Å². The van der Waals surface area contributed by atoms with E-state index in [1.807, 2.05) is 6.92 Å². The molecule has 0 aromatic rings. The molecule has 0 aliphatic heterocycles. The monoisotopic (exact) mass is 172 g/mol. The van der Waals surface area contributed by atoms with Gasteiger partial charge in [0.05, 0.1) is 5.41 Å². The third-order valence-electron chi connectivity index (χ3n) is 2.81. The number of hydrogen-bond acceptors (Lipinski definition) is 3. The summed E-state index contributed by atoms with van der Waals surface area (Å²) in [5.41, 5.74) is 5.24. The Kier molecular flexibility index (Phi) is 2.39. The summed E-state index contributed by atoms with van der Waals surface area (Å²) >= 11 is 0. The van der Waals surface area contributed by atoms with Crippen LogP contribution in [0.25, 0.3) is 0 Å². The van der Waals surface area contributed by atoms with Gasteiger partial charge in [-0.05, 0) is 19.8 Å². The Balaban J connectivity index is 2.77. The summed E-state index contributed by atoms with van der Waals surface area (Å²) in [5, 5.41) is 9.64. The summed E-state index contributed by atoms with van der Waals surface area (Å²) in [6.07, 6.45) is 2.62. The number of rotatable bonds is 1. The fourth-order valence-electron chi connectivity index (χ4n) is 1.83. The van der Waals surface area contributed by atoms with Crippen LogP contribution in [-0.4, -0.2) is 29.3 Å². The molecular formula is C8H16N2O2. The number of nitrogens with zero attached hydrogens (tertiary/aromatic N) is 1. The van der Waals surface area contributed by atoms with Crippen LogP contribution in [0.3, 0.4) is 0 Å². The number of hydroxylamine groups is 2. The first-order valence-electron chi connectivity index (χ1n) is 4.21. The second-order valence-corrected chi connectivity index (χ2v) is 3.74. The Morgan fingerprint density at radius 3 is 2.67 bits per heavy atom. The molecule has 70 valence electrons. The van der Waals surface area contributed by atoms with Gasteiger partial charge in [0.15, 0.2) is 0 Å². The second-order valence-electron chi connectivity index (χ2n) is 3.74. The van der Waals surface area contributed by atoms with Crippen LogP contribution >= 0.6 is 0 Å². The Morgan fingerprint density at radius 1 is 1.75 bits per heavy atom. The van der Waals surface area contributed by atoms with Gasteiger partial charge in [-0.3, -0.25) is 10.0 Å². The van der Waals surface area contributed by atoms with Crippen molar-refractivity contribution >= 4 is 5.91 Å². The number of amides is 1. The lowest BCUT2D eigenvalue weighted by atomic mass is 9.84. The van der Waals surface area contributed by atoms with Crippen LogP contribution in [0.1, 0.15) is 26.2 Å². The van der Waals surface area contributed by atoms with Gasteiger partial charge in [0.2, 0.25) is 0 Å². The van der Waals surface area contributed by atoms with E-state index < -0.39 is 5.41 Å². The molecule has 0 spiro atoms. The highest BCUT2D eigenvalue weighted by molar-refractivity contribution is 5.82. The predicted octanol–water partition coefficient (Wildman–Crippen LogP) is 0.352. The summed E-state index contributed by atoms with van der Waals surface area (Å²) < 4.78 is 0. The van der Waals surface area contributed by atoms with E-state index in [9.17, 15) is 4.79 Å². The average Bonchev–Trinajstić information content (AvgIpc) is 2.32. The SMILES string of the molecule is CN(O)C(=O)C1(C)CCCC1N. The molecule has 1 amide bonds. The van der Waals surface area contributed by atoms with Gasteiger partial charge < -0.3 is 5.73 Å². The first-order valence-corrected chi connectivity index (χ1v) is 4.21. The molecule has 0 aromatic carbocycles. The molecule has 0 aromatic heterocycles. The van der Waals surface area contributed by atoms with Crippen molar-refractivity contribution in [2.75, 3.05) is 7.05 Å². The lowest BCUT2D eigenvalue weighted by Gasteiger charge is -2.29. The van der Waals surface area contributed by atoms with E-state index in [0.717, 1.165) is 19.3 Å². The maximum Gasteiger partial charge on any atom is 0.253 e. The molecule has 1 fully saturated rings. The van der Waals surface area contributed by atoms with Gasteiger partial charge in [-0.2, -0.15) is 0 Å². The number of carbonyl (C=O) groups is 1. The van der Waals surface area contributed by atoms with E-state index in [4.69, 9.17) is 10.9 Å². The Hall–Kier alpha value is -0.610. The first kappa shape index (κ1) is 9.48. The van der Waals surface area contributed by atoms with Gasteiger partial charge in [-0.25, -0.2) is 5.06 Å². The van der Waals surface area contributed by atoms with Crippen molar-refractivity contribution in [3.63, 3.8) is 0 Å². The van der Waals surface area contributed by atoms with Gasteiger partial charge in [0.25, 0.3) is 5.91 Å². The van der Waals surface area contributed by atoms with Crippen molar-refractivity contribution in [1.82, 2.24) is 5.06 Å². The molecule has 0 heterocycles. The van der Waals surface area contributed by atoms with E-state index in [-0.39, 0.29) is 11.9 Å². The van der Waals surface area contributed by atoms with Crippen molar-refractivity contribution < 1.29 is 10.0 Å². The molecule has 1 aliphatic carbocycles. The van der Waals surface area contributed by atoms with Crippen molar-refractivity contribution in [1.29, 1.82) is 0 Å². The first-order chi connectivity index (χ1) is 5.48. The number of carbonyl (C=O) groups excluding carboxylic acids is 1. The minimum absolute atomic E-state index is 0.111. The molecular weight excluding hydrogens is 156 g/mol. The van der Waals surface area contributed by atoms with Crippen molar-refractivity contribution in [2.24, 2.45) is 11.1 Å². The average molecular weight is 172 g/mol. The van der Waals surface area contributed by atoms with E-state index in [0.29, 0.717) is 5.06 Å². The van der Waals surface area contributed by atoms with Crippen molar-refractivity contribution in [3.05, 3.63) is 0 Å². The zero-order valence-electron chi connectivity index (χ0n) is 7.58. The molecule has 4 heteroatoms. The minimum atomic E-state index is -0.552. The molecule has 2 unspecified atom stereocenters. The topological polar surface area (TPSA) is 66.6 Å². The Morgan fingerprint density at radius 2 is 2.33 bits per heavy atom. The zero-order valence-corrected chi connectivity index (χ0v) is 7.58. The second kappa shape index (κ2) is 3.03. The highest BCUT2D eigenvalue weighted by Gasteiger charge is 2.44. The molecule has 0 saturated heterocycles. The number of hydrogen-bond donors (Lipinski definition) is 2. The molecule has 1 saturated carbocycles. The van der Waals surface area contributed by atoms with Crippen LogP contribution in [0.15, 0.2) is 0 Å². The fraction of sp³-hybridized carbons (Fsp3) is 0.875. The van der Waals surface area contributed by atoms with E-state index in [1.165, 1.54) is 7.05 Å². The smallest absolute Gasteiger partial charge is 0.253 e. The fourth-order valence-corrected chi connectivity index (χ4v) is 1.83. The van der Waals surface area contributed by atoms with Gasteiger partial charge in [-0.15, -0.1) is 0 Å². The maximum absolute atomic E-state index is 11.5. The lowest BCUT2D eigenvalue weighted by Crippen LogP contribution is -2.46. The lowest BCUT2D eigenvalue weighted by molar-refractivity contribution is -0.170. The summed E-state index contributed by atoms with van der Waals surface area (Å²) in [5.74, 6) is -0.271. The third-order valence-corrected chi connectivity index (χ3v) is 2.81. The third kappa shape index (κ3) is 1.32. The van der Waals surface area contributed by atoms with Crippen molar-refractivity contribution in [2.45, 2.75) is 32.2 Å². The maximum atomic E-state index is 11.5. The molecule has 4 nitrogen and oxygen atoms in total. The summed E-state index contributed by atoms with van der Waals surface area (Å²) in [4.78, 5) is 11.5. The Bertz CT molecular complexity index is 193. The largest absolute Gasteiger partial charge is 0.327 e. The normalized spacial score (nSPS) is 35.2. The highest BCUT2D eigenvalue weighted by Crippen LogP contribution is 2.37. The van der Waals surface area contributed by atoms with E-state index >= 15 is 0 Å². The van der Waals surface area contributed by atoms with Crippen LogP contribution in [0.4, 0.5) is 0 Å². The molecule has 0 radical (unpaired) electrons. The van der Waals surface area contributed by atoms with Gasteiger partial charge in [-0.1, -0.05) is 6.42 Å². The molecule has 2 atom stereocenters. The highest BCUT2D eigenvalue weighted by atomic mass is 16.5. The summed E-state index contributed by atoms with van der Waals surface area (Å²) in [6.45, 7) is 1.82. The summed E-state index contributed by atoms with van der Waals surface area (Å²) in [6, 6.07) is -0.111. The molecule has 1 aliphatic rings. The zero-order chi connectivity index (χ0) is 9.35.